The van der Waals surface area contributed by atoms with Crippen LogP contribution >= 0.6 is 0 Å². The molecular formula is C11H13FN2O. The van der Waals surface area contributed by atoms with E-state index in [9.17, 15) is 9.18 Å². The zero-order chi connectivity index (χ0) is 11.0. The quantitative estimate of drug-likeness (QED) is 0.752. The zero-order valence-corrected chi connectivity index (χ0v) is 8.75. The number of amides is 1. The van der Waals surface area contributed by atoms with Crippen LogP contribution in [0.2, 0.25) is 0 Å². The fourth-order valence-corrected chi connectivity index (χ4v) is 1.85. The van der Waals surface area contributed by atoms with E-state index >= 15 is 0 Å². The minimum Gasteiger partial charge on any atom is -0.335 e. The first-order valence-corrected chi connectivity index (χ1v) is 4.83. The molecule has 1 amide bonds. The van der Waals surface area contributed by atoms with Gasteiger partial charge in [0.05, 0.1) is 6.54 Å². The summed E-state index contributed by atoms with van der Waals surface area (Å²) >= 11 is 0. The van der Waals surface area contributed by atoms with E-state index in [0.29, 0.717) is 6.54 Å². The highest BCUT2D eigenvalue weighted by molar-refractivity contribution is 5.80. The van der Waals surface area contributed by atoms with Gasteiger partial charge in [0.15, 0.2) is 0 Å². The van der Waals surface area contributed by atoms with Gasteiger partial charge < -0.3 is 5.32 Å². The molecule has 1 heterocycles. The van der Waals surface area contributed by atoms with Gasteiger partial charge in [0, 0.05) is 0 Å². The van der Waals surface area contributed by atoms with Crippen LogP contribution in [0, 0.1) is 12.7 Å². The monoisotopic (exact) mass is 208 g/mol. The minimum atomic E-state index is -0.273. The summed E-state index contributed by atoms with van der Waals surface area (Å²) in [6, 6.07) is 4.63. The molecule has 1 aromatic rings. The molecule has 0 saturated carbocycles. The second-order valence-electron chi connectivity index (χ2n) is 3.89. The fourth-order valence-electron chi connectivity index (χ4n) is 1.85. The van der Waals surface area contributed by atoms with Crippen molar-refractivity contribution < 1.29 is 9.18 Å². The predicted octanol–water partition coefficient (Wildman–Crippen LogP) is 1.19. The van der Waals surface area contributed by atoms with Crippen molar-refractivity contribution in [2.24, 2.45) is 0 Å². The molecule has 0 unspecified atom stereocenters. The van der Waals surface area contributed by atoms with Crippen molar-refractivity contribution in [2.45, 2.75) is 13.1 Å². The second kappa shape index (κ2) is 3.62. The van der Waals surface area contributed by atoms with Crippen LogP contribution < -0.4 is 5.32 Å². The van der Waals surface area contributed by atoms with Crippen LogP contribution in [0.15, 0.2) is 18.2 Å². The molecule has 0 spiro atoms. The van der Waals surface area contributed by atoms with Crippen LogP contribution in [0.4, 0.5) is 4.39 Å². The molecule has 1 aliphatic heterocycles. The molecule has 80 valence electrons. The van der Waals surface area contributed by atoms with Crippen LogP contribution in [-0.2, 0) is 4.79 Å². The Morgan fingerprint density at radius 2 is 2.27 bits per heavy atom. The molecule has 0 bridgehead atoms. The number of hydrogen-bond acceptors (Lipinski definition) is 2. The summed E-state index contributed by atoms with van der Waals surface area (Å²) in [5.41, 5.74) is 1.80. The van der Waals surface area contributed by atoms with E-state index in [1.54, 1.807) is 6.07 Å². The summed E-state index contributed by atoms with van der Waals surface area (Å²) in [4.78, 5) is 13.1. The maximum absolute atomic E-state index is 13.1. The van der Waals surface area contributed by atoms with Crippen molar-refractivity contribution in [1.82, 2.24) is 10.2 Å². The van der Waals surface area contributed by atoms with Crippen molar-refractivity contribution >= 4 is 5.91 Å². The third-order valence-corrected chi connectivity index (χ3v) is 2.67. The number of hydrogen-bond donors (Lipinski definition) is 1. The number of aryl methyl sites for hydroxylation is 1. The third-order valence-electron chi connectivity index (χ3n) is 2.67. The van der Waals surface area contributed by atoms with Crippen LogP contribution in [0.3, 0.4) is 0 Å². The van der Waals surface area contributed by atoms with Gasteiger partial charge in [-0.05, 0) is 37.2 Å². The molecule has 2 rings (SSSR count). The summed E-state index contributed by atoms with van der Waals surface area (Å²) in [5.74, 6) is -0.295. The molecule has 1 aliphatic rings. The molecule has 1 N–H and O–H groups in total. The van der Waals surface area contributed by atoms with Gasteiger partial charge in [-0.1, -0.05) is 6.07 Å². The van der Waals surface area contributed by atoms with Crippen LogP contribution in [0.5, 0.6) is 0 Å². The van der Waals surface area contributed by atoms with Gasteiger partial charge in [-0.3, -0.25) is 9.69 Å². The summed E-state index contributed by atoms with van der Waals surface area (Å²) in [6.45, 7) is 2.27. The minimum absolute atomic E-state index is 0.0221. The lowest BCUT2D eigenvalue weighted by atomic mass is 10.1. The SMILES string of the molecule is Cc1ccc(F)cc1[C@@H]1NC(=O)CN1C. The lowest BCUT2D eigenvalue weighted by Gasteiger charge is -2.20. The maximum Gasteiger partial charge on any atom is 0.235 e. The zero-order valence-electron chi connectivity index (χ0n) is 8.75. The number of benzene rings is 1. The van der Waals surface area contributed by atoms with Gasteiger partial charge in [-0.15, -0.1) is 0 Å². The highest BCUT2D eigenvalue weighted by Crippen LogP contribution is 2.24. The van der Waals surface area contributed by atoms with Gasteiger partial charge in [-0.25, -0.2) is 4.39 Å². The van der Waals surface area contributed by atoms with Crippen molar-refractivity contribution in [3.8, 4) is 0 Å². The first-order chi connectivity index (χ1) is 7.08. The smallest absolute Gasteiger partial charge is 0.235 e. The Labute approximate surface area is 87.9 Å². The average molecular weight is 208 g/mol. The highest BCUT2D eigenvalue weighted by Gasteiger charge is 2.28. The number of nitrogens with one attached hydrogen (secondary N) is 1. The Morgan fingerprint density at radius 3 is 2.87 bits per heavy atom. The summed E-state index contributed by atoms with van der Waals surface area (Å²) in [7, 11) is 1.84. The molecule has 1 fully saturated rings. The Kier molecular flexibility index (Phi) is 2.44. The summed E-state index contributed by atoms with van der Waals surface area (Å²) in [6.07, 6.45) is -0.201. The number of nitrogens with zero attached hydrogens (tertiary/aromatic N) is 1. The number of carbonyl (C=O) groups excluding carboxylic acids is 1. The number of rotatable bonds is 1. The lowest BCUT2D eigenvalue weighted by Crippen LogP contribution is -2.25. The van der Waals surface area contributed by atoms with Gasteiger partial charge >= 0.3 is 0 Å². The molecule has 0 aliphatic carbocycles. The number of halogens is 1. The lowest BCUT2D eigenvalue weighted by molar-refractivity contribution is -0.118. The number of carbonyl (C=O) groups is 1. The Balaban J connectivity index is 2.36. The second-order valence-corrected chi connectivity index (χ2v) is 3.89. The molecule has 1 saturated heterocycles. The fraction of sp³-hybridized carbons (Fsp3) is 0.364. The van der Waals surface area contributed by atoms with Gasteiger partial charge in [0.2, 0.25) is 5.91 Å². The standard InChI is InChI=1S/C11H13FN2O/c1-7-3-4-8(12)5-9(7)11-13-10(15)6-14(11)2/h3-5,11H,6H2,1-2H3,(H,13,15)/t11-/m1/s1. The van der Waals surface area contributed by atoms with Crippen LogP contribution in [0.1, 0.15) is 17.3 Å². The molecule has 3 nitrogen and oxygen atoms in total. The van der Waals surface area contributed by atoms with E-state index in [2.05, 4.69) is 5.32 Å². The van der Waals surface area contributed by atoms with Crippen molar-refractivity contribution in [1.29, 1.82) is 0 Å². The Morgan fingerprint density at radius 1 is 1.53 bits per heavy atom. The normalized spacial score (nSPS) is 21.8. The van der Waals surface area contributed by atoms with E-state index in [1.807, 2.05) is 18.9 Å². The highest BCUT2D eigenvalue weighted by atomic mass is 19.1. The number of likely N-dealkylation sites (N-methyl/N-ethyl adjacent to an activating group) is 1. The topological polar surface area (TPSA) is 32.3 Å². The average Bonchev–Trinajstić information content (AvgIpc) is 2.50. The Hall–Kier alpha value is -1.42. The van der Waals surface area contributed by atoms with Crippen molar-refractivity contribution in [2.75, 3.05) is 13.6 Å². The van der Waals surface area contributed by atoms with Crippen molar-refractivity contribution in [3.63, 3.8) is 0 Å². The summed E-state index contributed by atoms with van der Waals surface area (Å²) < 4.78 is 13.1. The molecule has 15 heavy (non-hydrogen) atoms. The van der Waals surface area contributed by atoms with E-state index in [4.69, 9.17) is 0 Å². The Bertz CT molecular complexity index is 406. The third kappa shape index (κ3) is 1.85. The van der Waals surface area contributed by atoms with Crippen molar-refractivity contribution in [3.05, 3.63) is 35.1 Å². The van der Waals surface area contributed by atoms with Gasteiger partial charge in [0.1, 0.15) is 12.0 Å². The molecule has 0 aromatic heterocycles. The predicted molar refractivity (Wildman–Crippen MR) is 54.7 cm³/mol. The molecule has 1 atom stereocenters. The molecule has 1 aromatic carbocycles. The van der Waals surface area contributed by atoms with Crippen LogP contribution in [-0.4, -0.2) is 24.4 Å². The van der Waals surface area contributed by atoms with E-state index in [1.165, 1.54) is 12.1 Å². The van der Waals surface area contributed by atoms with E-state index in [0.717, 1.165) is 11.1 Å². The van der Waals surface area contributed by atoms with E-state index in [-0.39, 0.29) is 17.9 Å². The largest absolute Gasteiger partial charge is 0.335 e. The molecular weight excluding hydrogens is 195 g/mol. The summed E-state index contributed by atoms with van der Waals surface area (Å²) in [5, 5.41) is 2.81. The first-order valence-electron chi connectivity index (χ1n) is 4.83. The maximum atomic E-state index is 13.1. The van der Waals surface area contributed by atoms with Gasteiger partial charge in [-0.2, -0.15) is 0 Å². The molecule has 4 heteroatoms. The first kappa shape index (κ1) is 10.1. The molecule has 0 radical (unpaired) electrons. The van der Waals surface area contributed by atoms with E-state index < -0.39 is 0 Å². The van der Waals surface area contributed by atoms with Gasteiger partial charge in [0.25, 0.3) is 0 Å². The van der Waals surface area contributed by atoms with Crippen LogP contribution in [0.25, 0.3) is 0 Å².